The highest BCUT2D eigenvalue weighted by atomic mass is 32.2. The lowest BCUT2D eigenvalue weighted by Gasteiger charge is -2.29. The standard InChI is InChI=1S/C16H17F2N3OS/c1-11-6-15(22)21(10-12-7-13(17)9-14(18)8-12)16(19-11)20-2-4-23-5-3-20/h6-9H,2-5,10H2,1H3. The zero-order valence-corrected chi connectivity index (χ0v) is 13.6. The van der Waals surface area contributed by atoms with E-state index in [-0.39, 0.29) is 12.1 Å². The molecule has 0 amide bonds. The minimum atomic E-state index is -0.649. The molecular formula is C16H17F2N3OS. The number of aromatic nitrogens is 2. The van der Waals surface area contributed by atoms with Crippen LogP contribution in [0.2, 0.25) is 0 Å². The number of aryl methyl sites for hydroxylation is 1. The van der Waals surface area contributed by atoms with Crippen LogP contribution >= 0.6 is 11.8 Å². The zero-order valence-electron chi connectivity index (χ0n) is 12.8. The van der Waals surface area contributed by atoms with Gasteiger partial charge in [-0.3, -0.25) is 9.36 Å². The van der Waals surface area contributed by atoms with Gasteiger partial charge in [-0.1, -0.05) is 0 Å². The van der Waals surface area contributed by atoms with Crippen molar-refractivity contribution >= 4 is 17.7 Å². The normalized spacial score (nSPS) is 15.0. The zero-order chi connectivity index (χ0) is 16.4. The first-order valence-corrected chi connectivity index (χ1v) is 8.54. The van der Waals surface area contributed by atoms with Crippen molar-refractivity contribution in [1.29, 1.82) is 0 Å². The molecule has 3 rings (SSSR count). The molecule has 0 spiro atoms. The van der Waals surface area contributed by atoms with Crippen LogP contribution in [0.15, 0.2) is 29.1 Å². The molecular weight excluding hydrogens is 320 g/mol. The maximum atomic E-state index is 13.4. The quantitative estimate of drug-likeness (QED) is 0.862. The Hall–Kier alpha value is -1.89. The van der Waals surface area contributed by atoms with Gasteiger partial charge in [-0.05, 0) is 24.6 Å². The highest BCUT2D eigenvalue weighted by Crippen LogP contribution is 2.18. The third kappa shape index (κ3) is 3.72. The van der Waals surface area contributed by atoms with Crippen molar-refractivity contribution in [3.63, 3.8) is 0 Å². The van der Waals surface area contributed by atoms with Crippen LogP contribution in [0.3, 0.4) is 0 Å². The highest BCUT2D eigenvalue weighted by molar-refractivity contribution is 7.99. The molecule has 2 aromatic rings. The maximum Gasteiger partial charge on any atom is 0.255 e. The van der Waals surface area contributed by atoms with Gasteiger partial charge in [0.05, 0.1) is 6.54 Å². The molecule has 0 bridgehead atoms. The molecule has 122 valence electrons. The number of rotatable bonds is 3. The summed E-state index contributed by atoms with van der Waals surface area (Å²) in [5.41, 5.74) is 0.836. The fourth-order valence-electron chi connectivity index (χ4n) is 2.64. The Morgan fingerprint density at radius 3 is 2.43 bits per heavy atom. The second kappa shape index (κ2) is 6.70. The second-order valence-corrected chi connectivity index (χ2v) is 6.72. The first kappa shape index (κ1) is 16.0. The number of benzene rings is 1. The topological polar surface area (TPSA) is 38.1 Å². The Labute approximate surface area is 137 Å². The molecule has 0 radical (unpaired) electrons. The summed E-state index contributed by atoms with van der Waals surface area (Å²) < 4.78 is 28.3. The van der Waals surface area contributed by atoms with Crippen LogP contribution in [0.1, 0.15) is 11.3 Å². The predicted octanol–water partition coefficient (Wildman–Crippen LogP) is 2.43. The lowest BCUT2D eigenvalue weighted by Crippen LogP contribution is -2.38. The maximum absolute atomic E-state index is 13.4. The van der Waals surface area contributed by atoms with E-state index in [0.717, 1.165) is 30.7 Å². The van der Waals surface area contributed by atoms with Crippen molar-refractivity contribution < 1.29 is 8.78 Å². The minimum Gasteiger partial charge on any atom is -0.340 e. The molecule has 0 unspecified atom stereocenters. The van der Waals surface area contributed by atoms with Crippen LogP contribution in [-0.4, -0.2) is 34.1 Å². The molecule has 1 aliphatic rings. The largest absolute Gasteiger partial charge is 0.340 e. The first-order valence-electron chi connectivity index (χ1n) is 7.39. The van der Waals surface area contributed by atoms with Gasteiger partial charge in [0.2, 0.25) is 5.95 Å². The molecule has 7 heteroatoms. The molecule has 4 nitrogen and oxygen atoms in total. The van der Waals surface area contributed by atoms with Gasteiger partial charge in [0, 0.05) is 42.4 Å². The molecule has 0 aliphatic carbocycles. The van der Waals surface area contributed by atoms with Crippen LogP contribution in [0.5, 0.6) is 0 Å². The van der Waals surface area contributed by atoms with E-state index in [9.17, 15) is 13.6 Å². The van der Waals surface area contributed by atoms with E-state index in [1.54, 1.807) is 6.92 Å². The molecule has 23 heavy (non-hydrogen) atoms. The molecule has 2 heterocycles. The van der Waals surface area contributed by atoms with Crippen molar-refractivity contribution in [1.82, 2.24) is 9.55 Å². The molecule has 0 atom stereocenters. The van der Waals surface area contributed by atoms with Crippen molar-refractivity contribution in [2.24, 2.45) is 0 Å². The lowest BCUT2D eigenvalue weighted by molar-refractivity contribution is 0.575. The van der Waals surface area contributed by atoms with Crippen LogP contribution in [-0.2, 0) is 6.54 Å². The predicted molar refractivity (Wildman–Crippen MR) is 88.2 cm³/mol. The van der Waals surface area contributed by atoms with Gasteiger partial charge >= 0.3 is 0 Å². The average molecular weight is 337 g/mol. The van der Waals surface area contributed by atoms with Gasteiger partial charge in [0.25, 0.3) is 5.56 Å². The van der Waals surface area contributed by atoms with Gasteiger partial charge in [0.15, 0.2) is 0 Å². The summed E-state index contributed by atoms with van der Waals surface area (Å²) in [5.74, 6) is 1.21. The SMILES string of the molecule is Cc1cc(=O)n(Cc2cc(F)cc(F)c2)c(N2CCSCC2)n1. The van der Waals surface area contributed by atoms with E-state index >= 15 is 0 Å². The van der Waals surface area contributed by atoms with Crippen molar-refractivity contribution in [2.45, 2.75) is 13.5 Å². The number of halogens is 2. The Kier molecular flexibility index (Phi) is 4.66. The van der Waals surface area contributed by atoms with E-state index in [1.165, 1.54) is 22.8 Å². The second-order valence-electron chi connectivity index (χ2n) is 5.50. The van der Waals surface area contributed by atoms with Crippen molar-refractivity contribution in [2.75, 3.05) is 29.5 Å². The summed E-state index contributed by atoms with van der Waals surface area (Å²) in [6, 6.07) is 4.75. The summed E-state index contributed by atoms with van der Waals surface area (Å²) >= 11 is 1.86. The minimum absolute atomic E-state index is 0.0970. The number of hydrogen-bond acceptors (Lipinski definition) is 4. The summed E-state index contributed by atoms with van der Waals surface area (Å²) in [4.78, 5) is 18.9. The third-order valence-electron chi connectivity index (χ3n) is 3.67. The number of thioether (sulfide) groups is 1. The summed E-state index contributed by atoms with van der Waals surface area (Å²) in [6.07, 6.45) is 0. The summed E-state index contributed by atoms with van der Waals surface area (Å²) in [6.45, 7) is 3.48. The van der Waals surface area contributed by atoms with Gasteiger partial charge in [-0.15, -0.1) is 0 Å². The monoisotopic (exact) mass is 337 g/mol. The Balaban J connectivity index is 2.01. The van der Waals surface area contributed by atoms with Crippen molar-refractivity contribution in [3.05, 3.63) is 57.5 Å². The first-order chi connectivity index (χ1) is 11.0. The Morgan fingerprint density at radius 1 is 1.13 bits per heavy atom. The Morgan fingerprint density at radius 2 is 1.78 bits per heavy atom. The van der Waals surface area contributed by atoms with Gasteiger partial charge < -0.3 is 4.90 Å². The smallest absolute Gasteiger partial charge is 0.255 e. The van der Waals surface area contributed by atoms with E-state index in [0.29, 0.717) is 17.2 Å². The van der Waals surface area contributed by atoms with E-state index in [1.807, 2.05) is 11.8 Å². The number of anilines is 1. The fourth-order valence-corrected chi connectivity index (χ4v) is 3.55. The molecule has 1 saturated heterocycles. The lowest BCUT2D eigenvalue weighted by atomic mass is 10.2. The average Bonchev–Trinajstić information content (AvgIpc) is 2.49. The molecule has 0 saturated carbocycles. The number of nitrogens with zero attached hydrogens (tertiary/aromatic N) is 3. The van der Waals surface area contributed by atoms with Crippen LogP contribution in [0.4, 0.5) is 14.7 Å². The molecule has 0 N–H and O–H groups in total. The van der Waals surface area contributed by atoms with Crippen molar-refractivity contribution in [3.8, 4) is 0 Å². The summed E-state index contributed by atoms with van der Waals surface area (Å²) in [7, 11) is 0. The van der Waals surface area contributed by atoms with Crippen LogP contribution in [0.25, 0.3) is 0 Å². The molecule has 1 aromatic heterocycles. The Bertz CT molecular complexity index is 752. The fraction of sp³-hybridized carbons (Fsp3) is 0.375. The molecule has 1 aliphatic heterocycles. The van der Waals surface area contributed by atoms with Crippen LogP contribution in [0, 0.1) is 18.6 Å². The third-order valence-corrected chi connectivity index (χ3v) is 4.62. The van der Waals surface area contributed by atoms with E-state index in [2.05, 4.69) is 9.88 Å². The van der Waals surface area contributed by atoms with E-state index in [4.69, 9.17) is 0 Å². The van der Waals surface area contributed by atoms with Gasteiger partial charge in [-0.2, -0.15) is 11.8 Å². The summed E-state index contributed by atoms with van der Waals surface area (Å²) in [5, 5.41) is 0. The number of hydrogen-bond donors (Lipinski definition) is 0. The van der Waals surface area contributed by atoms with Gasteiger partial charge in [0.1, 0.15) is 11.6 Å². The van der Waals surface area contributed by atoms with Gasteiger partial charge in [-0.25, -0.2) is 13.8 Å². The molecule has 1 aromatic carbocycles. The van der Waals surface area contributed by atoms with Crippen LogP contribution < -0.4 is 10.5 Å². The van der Waals surface area contributed by atoms with E-state index < -0.39 is 11.6 Å². The highest BCUT2D eigenvalue weighted by Gasteiger charge is 2.18. The molecule has 1 fully saturated rings.